The lowest BCUT2D eigenvalue weighted by Crippen LogP contribution is -1.87. The molecule has 0 radical (unpaired) electrons. The first-order valence-electron chi connectivity index (χ1n) is 4.96. The first kappa shape index (κ1) is 12.4. The molecule has 0 aromatic rings. The first-order chi connectivity index (χ1) is 5.81. The van der Waals surface area contributed by atoms with Crippen LogP contribution in [0, 0.1) is 0 Å². The van der Waals surface area contributed by atoms with Crippen LogP contribution in [0.15, 0.2) is 0 Å². The van der Waals surface area contributed by atoms with Crippen molar-refractivity contribution in [3.8, 4) is 0 Å². The number of hydrogen-bond acceptors (Lipinski definition) is 2. The summed E-state index contributed by atoms with van der Waals surface area (Å²) in [4.78, 5) is 0. The van der Waals surface area contributed by atoms with Gasteiger partial charge in [0.1, 0.15) is 0 Å². The lowest BCUT2D eigenvalue weighted by atomic mass is 10.2. The van der Waals surface area contributed by atoms with Gasteiger partial charge in [-0.25, -0.2) is 0 Å². The molecule has 0 aromatic heterocycles. The Bertz CT molecular complexity index is 110. The SMILES string of the molecule is CCCCCCCSC(=S)CC. The summed E-state index contributed by atoms with van der Waals surface area (Å²) in [6, 6.07) is 0. The van der Waals surface area contributed by atoms with E-state index in [9.17, 15) is 0 Å². The van der Waals surface area contributed by atoms with Crippen molar-refractivity contribution in [2.24, 2.45) is 0 Å². The van der Waals surface area contributed by atoms with Gasteiger partial charge in [0.25, 0.3) is 0 Å². The molecule has 0 saturated heterocycles. The molecule has 0 amide bonds. The topological polar surface area (TPSA) is 0 Å². The van der Waals surface area contributed by atoms with Crippen molar-refractivity contribution in [2.45, 2.75) is 52.4 Å². The van der Waals surface area contributed by atoms with Crippen LogP contribution >= 0.6 is 24.0 Å². The third-order valence-corrected chi connectivity index (χ3v) is 3.55. The second-order valence-corrected chi connectivity index (χ2v) is 4.93. The molecule has 0 fully saturated rings. The number of thioether (sulfide) groups is 1. The highest BCUT2D eigenvalue weighted by atomic mass is 32.2. The second kappa shape index (κ2) is 9.53. The maximum atomic E-state index is 5.12. The van der Waals surface area contributed by atoms with Gasteiger partial charge < -0.3 is 0 Å². The predicted molar refractivity (Wildman–Crippen MR) is 64.1 cm³/mol. The van der Waals surface area contributed by atoms with E-state index >= 15 is 0 Å². The third-order valence-electron chi connectivity index (χ3n) is 1.80. The van der Waals surface area contributed by atoms with Crippen molar-refractivity contribution < 1.29 is 0 Å². The Labute approximate surface area is 86.5 Å². The normalized spacial score (nSPS) is 10.2. The Morgan fingerprint density at radius 1 is 1.08 bits per heavy atom. The lowest BCUT2D eigenvalue weighted by molar-refractivity contribution is 0.659. The number of unbranched alkanes of at least 4 members (excludes halogenated alkanes) is 4. The van der Waals surface area contributed by atoms with Crippen molar-refractivity contribution in [1.29, 1.82) is 0 Å². The lowest BCUT2D eigenvalue weighted by Gasteiger charge is -2.00. The summed E-state index contributed by atoms with van der Waals surface area (Å²) < 4.78 is 1.17. The highest BCUT2D eigenvalue weighted by molar-refractivity contribution is 8.23. The zero-order valence-electron chi connectivity index (χ0n) is 8.27. The smallest absolute Gasteiger partial charge is 0.0475 e. The standard InChI is InChI=1S/C10H20S2/c1-3-5-6-7-8-9-12-10(11)4-2/h3-9H2,1-2H3. The van der Waals surface area contributed by atoms with Crippen LogP contribution in [0.5, 0.6) is 0 Å². The fourth-order valence-electron chi connectivity index (χ4n) is 0.994. The van der Waals surface area contributed by atoms with E-state index in [1.165, 1.54) is 42.1 Å². The summed E-state index contributed by atoms with van der Waals surface area (Å²) in [6.45, 7) is 4.38. The molecule has 72 valence electrons. The summed E-state index contributed by atoms with van der Waals surface area (Å²) in [5.74, 6) is 1.23. The minimum absolute atomic E-state index is 1.05. The van der Waals surface area contributed by atoms with E-state index in [-0.39, 0.29) is 0 Å². The predicted octanol–water partition coefficient (Wildman–Crippen LogP) is 4.43. The molecule has 0 atom stereocenters. The summed E-state index contributed by atoms with van der Waals surface area (Å²) in [6.07, 6.45) is 7.90. The average Bonchev–Trinajstić information content (AvgIpc) is 2.10. The molecule has 0 spiro atoms. The fraction of sp³-hybridized carbons (Fsp3) is 0.900. The van der Waals surface area contributed by atoms with Gasteiger partial charge in [0.15, 0.2) is 0 Å². The van der Waals surface area contributed by atoms with Gasteiger partial charge in [-0.05, 0) is 18.6 Å². The molecule has 0 aromatic carbocycles. The summed E-state index contributed by atoms with van der Waals surface area (Å²) >= 11 is 6.98. The fourth-order valence-corrected chi connectivity index (χ4v) is 2.02. The van der Waals surface area contributed by atoms with E-state index in [4.69, 9.17) is 12.2 Å². The van der Waals surface area contributed by atoms with E-state index in [1.807, 2.05) is 11.8 Å². The van der Waals surface area contributed by atoms with Crippen LogP contribution in [0.25, 0.3) is 0 Å². The minimum atomic E-state index is 1.05. The van der Waals surface area contributed by atoms with Crippen LogP contribution in [0.4, 0.5) is 0 Å². The van der Waals surface area contributed by atoms with Crippen LogP contribution in [0.2, 0.25) is 0 Å². The van der Waals surface area contributed by atoms with Gasteiger partial charge in [-0.2, -0.15) is 0 Å². The number of hydrogen-bond donors (Lipinski definition) is 0. The van der Waals surface area contributed by atoms with Gasteiger partial charge in [0.2, 0.25) is 0 Å². The van der Waals surface area contributed by atoms with Crippen molar-refractivity contribution in [3.05, 3.63) is 0 Å². The molecule has 0 rings (SSSR count). The minimum Gasteiger partial charge on any atom is -0.119 e. The van der Waals surface area contributed by atoms with Gasteiger partial charge in [-0.1, -0.05) is 51.7 Å². The first-order valence-corrected chi connectivity index (χ1v) is 6.36. The van der Waals surface area contributed by atoms with Crippen LogP contribution in [0.3, 0.4) is 0 Å². The average molecular weight is 204 g/mol. The molecule has 2 heteroatoms. The van der Waals surface area contributed by atoms with E-state index in [1.54, 1.807) is 0 Å². The Morgan fingerprint density at radius 3 is 2.33 bits per heavy atom. The molecule has 0 nitrogen and oxygen atoms in total. The monoisotopic (exact) mass is 204 g/mol. The van der Waals surface area contributed by atoms with Crippen molar-refractivity contribution in [2.75, 3.05) is 5.75 Å². The van der Waals surface area contributed by atoms with Crippen LogP contribution < -0.4 is 0 Å². The molecular formula is C10H20S2. The van der Waals surface area contributed by atoms with Crippen LogP contribution in [-0.4, -0.2) is 9.95 Å². The zero-order valence-corrected chi connectivity index (χ0v) is 9.90. The van der Waals surface area contributed by atoms with Crippen LogP contribution in [-0.2, 0) is 0 Å². The molecule has 0 aliphatic heterocycles. The molecule has 0 unspecified atom stereocenters. The quantitative estimate of drug-likeness (QED) is 0.444. The van der Waals surface area contributed by atoms with E-state index in [2.05, 4.69) is 13.8 Å². The van der Waals surface area contributed by atoms with Gasteiger partial charge in [0, 0.05) is 4.20 Å². The number of thiocarbonyl (C=S) groups is 1. The molecule has 0 N–H and O–H groups in total. The summed E-state index contributed by atoms with van der Waals surface area (Å²) in [5, 5.41) is 0. The Balaban J connectivity index is 2.95. The zero-order chi connectivity index (χ0) is 9.23. The number of rotatable bonds is 7. The van der Waals surface area contributed by atoms with E-state index in [0.29, 0.717) is 0 Å². The maximum Gasteiger partial charge on any atom is 0.0475 e. The summed E-state index contributed by atoms with van der Waals surface area (Å²) in [5.41, 5.74) is 0. The largest absolute Gasteiger partial charge is 0.119 e. The van der Waals surface area contributed by atoms with Gasteiger partial charge in [0.05, 0.1) is 0 Å². The van der Waals surface area contributed by atoms with Gasteiger partial charge >= 0.3 is 0 Å². The highest BCUT2D eigenvalue weighted by Crippen LogP contribution is 2.12. The van der Waals surface area contributed by atoms with E-state index < -0.39 is 0 Å². The Hall–Kier alpha value is 0.440. The van der Waals surface area contributed by atoms with E-state index in [0.717, 1.165) is 6.42 Å². The Kier molecular flexibility index (Phi) is 9.88. The molecule has 0 bridgehead atoms. The van der Waals surface area contributed by atoms with Crippen LogP contribution in [0.1, 0.15) is 52.4 Å². The second-order valence-electron chi connectivity index (χ2n) is 2.99. The van der Waals surface area contributed by atoms with Crippen molar-refractivity contribution >= 4 is 28.2 Å². The van der Waals surface area contributed by atoms with Gasteiger partial charge in [-0.15, -0.1) is 11.8 Å². The third kappa shape index (κ3) is 8.54. The molecule has 0 aliphatic rings. The summed E-state index contributed by atoms with van der Waals surface area (Å²) in [7, 11) is 0. The molecular weight excluding hydrogens is 184 g/mol. The molecule has 0 heterocycles. The van der Waals surface area contributed by atoms with Gasteiger partial charge in [-0.3, -0.25) is 0 Å². The van der Waals surface area contributed by atoms with Crippen molar-refractivity contribution in [1.82, 2.24) is 0 Å². The Morgan fingerprint density at radius 2 is 1.75 bits per heavy atom. The molecule has 0 saturated carbocycles. The maximum absolute atomic E-state index is 5.12. The van der Waals surface area contributed by atoms with Crippen molar-refractivity contribution in [3.63, 3.8) is 0 Å². The highest BCUT2D eigenvalue weighted by Gasteiger charge is 1.93. The molecule has 12 heavy (non-hydrogen) atoms. The molecule has 0 aliphatic carbocycles.